The molecular formula is C18H18N4O2S2. The lowest BCUT2D eigenvalue weighted by molar-refractivity contribution is 0.0530. The van der Waals surface area contributed by atoms with Gasteiger partial charge in [-0.25, -0.2) is 9.78 Å². The van der Waals surface area contributed by atoms with Gasteiger partial charge >= 0.3 is 5.97 Å². The van der Waals surface area contributed by atoms with Gasteiger partial charge in [-0.15, -0.1) is 22.7 Å². The lowest BCUT2D eigenvalue weighted by atomic mass is 10.1. The Morgan fingerprint density at radius 3 is 2.81 bits per heavy atom. The number of hydrogen-bond acceptors (Lipinski definition) is 8. The number of esters is 1. The minimum Gasteiger partial charge on any atom is -0.462 e. The maximum absolute atomic E-state index is 12.2. The van der Waals surface area contributed by atoms with Crippen molar-refractivity contribution in [3.8, 4) is 6.07 Å². The lowest BCUT2D eigenvalue weighted by Crippen LogP contribution is -2.19. The molecule has 0 saturated carbocycles. The highest BCUT2D eigenvalue weighted by molar-refractivity contribution is 7.18. The van der Waals surface area contributed by atoms with Gasteiger partial charge in [0, 0.05) is 12.1 Å². The van der Waals surface area contributed by atoms with Crippen LogP contribution in [0.3, 0.4) is 0 Å². The normalized spacial score (nSPS) is 11.0. The predicted octanol–water partition coefficient (Wildman–Crippen LogP) is 3.62. The summed E-state index contributed by atoms with van der Waals surface area (Å²) in [5.74, 6) is -0.436. The number of hydrogen-bond donors (Lipinski definition) is 1. The van der Waals surface area contributed by atoms with Gasteiger partial charge in [-0.2, -0.15) is 5.26 Å². The molecule has 2 aromatic heterocycles. The van der Waals surface area contributed by atoms with Crippen molar-refractivity contribution >= 4 is 43.9 Å². The summed E-state index contributed by atoms with van der Waals surface area (Å²) < 4.78 is 6.24. The Labute approximate surface area is 159 Å². The number of nitrogens with zero attached hydrogens (tertiary/aromatic N) is 3. The highest BCUT2D eigenvalue weighted by Gasteiger charge is 2.23. The van der Waals surface area contributed by atoms with Crippen molar-refractivity contribution in [2.24, 2.45) is 0 Å². The second kappa shape index (κ2) is 7.83. The van der Waals surface area contributed by atoms with E-state index in [1.807, 2.05) is 36.2 Å². The van der Waals surface area contributed by atoms with Crippen LogP contribution in [0, 0.1) is 11.3 Å². The maximum atomic E-state index is 12.2. The van der Waals surface area contributed by atoms with Gasteiger partial charge in [0.25, 0.3) is 0 Å². The van der Waals surface area contributed by atoms with Crippen molar-refractivity contribution in [2.45, 2.75) is 20.0 Å². The smallest absolute Gasteiger partial charge is 0.348 e. The van der Waals surface area contributed by atoms with Crippen LogP contribution in [0.1, 0.15) is 32.7 Å². The van der Waals surface area contributed by atoms with Crippen molar-refractivity contribution in [3.63, 3.8) is 0 Å². The molecule has 0 bridgehead atoms. The van der Waals surface area contributed by atoms with E-state index >= 15 is 0 Å². The van der Waals surface area contributed by atoms with Crippen LogP contribution in [0.25, 0.3) is 10.2 Å². The first-order chi connectivity index (χ1) is 12.5. The second-order valence-corrected chi connectivity index (χ2v) is 7.90. The molecule has 2 heterocycles. The number of rotatable bonds is 6. The fourth-order valence-electron chi connectivity index (χ4n) is 2.66. The van der Waals surface area contributed by atoms with Crippen molar-refractivity contribution < 1.29 is 9.53 Å². The molecule has 0 unspecified atom stereocenters. The minimum absolute atomic E-state index is 0.277. The van der Waals surface area contributed by atoms with Crippen molar-refractivity contribution in [3.05, 3.63) is 45.3 Å². The average Bonchev–Trinajstić information content (AvgIpc) is 3.15. The summed E-state index contributed by atoms with van der Waals surface area (Å²) >= 11 is 2.75. The van der Waals surface area contributed by atoms with Gasteiger partial charge in [0.05, 0.1) is 28.9 Å². The molecule has 3 aromatic rings. The number of thiazole rings is 1. The van der Waals surface area contributed by atoms with Gasteiger partial charge in [-0.05, 0) is 26.1 Å². The van der Waals surface area contributed by atoms with Crippen LogP contribution in [0.2, 0.25) is 0 Å². The SMILES string of the molecule is CCOC(=O)c1sc(N)c(C#N)c1CN(C)Cc1nc2ccccc2s1. The number of nitrogen functional groups attached to an aromatic ring is 1. The number of aromatic nitrogens is 1. The van der Waals surface area contributed by atoms with Crippen LogP contribution in [-0.4, -0.2) is 29.5 Å². The molecule has 0 aliphatic carbocycles. The van der Waals surface area contributed by atoms with E-state index < -0.39 is 5.97 Å². The third-order valence-electron chi connectivity index (χ3n) is 3.78. The highest BCUT2D eigenvalue weighted by atomic mass is 32.1. The Morgan fingerprint density at radius 2 is 2.12 bits per heavy atom. The number of ether oxygens (including phenoxy) is 1. The molecule has 0 atom stereocenters. The van der Waals surface area contributed by atoms with Crippen molar-refractivity contribution in [1.82, 2.24) is 9.88 Å². The first-order valence-electron chi connectivity index (χ1n) is 8.04. The second-order valence-electron chi connectivity index (χ2n) is 5.73. The van der Waals surface area contributed by atoms with E-state index in [0.717, 1.165) is 26.6 Å². The van der Waals surface area contributed by atoms with Crippen LogP contribution in [0.15, 0.2) is 24.3 Å². The highest BCUT2D eigenvalue weighted by Crippen LogP contribution is 2.32. The number of fused-ring (bicyclic) bond motifs is 1. The van der Waals surface area contributed by atoms with Crippen LogP contribution in [-0.2, 0) is 17.8 Å². The Hall–Kier alpha value is -2.47. The van der Waals surface area contributed by atoms with Crippen molar-refractivity contribution in [2.75, 3.05) is 19.4 Å². The van der Waals surface area contributed by atoms with E-state index in [9.17, 15) is 10.1 Å². The van der Waals surface area contributed by atoms with Gasteiger partial charge in [0.15, 0.2) is 0 Å². The minimum atomic E-state index is -0.436. The Kier molecular flexibility index (Phi) is 5.52. The van der Waals surface area contributed by atoms with Crippen LogP contribution in [0.5, 0.6) is 0 Å². The topological polar surface area (TPSA) is 92.2 Å². The summed E-state index contributed by atoms with van der Waals surface area (Å²) in [6.07, 6.45) is 0. The molecule has 0 aliphatic heterocycles. The molecule has 3 rings (SSSR count). The van der Waals surface area contributed by atoms with E-state index in [1.54, 1.807) is 18.3 Å². The molecule has 2 N–H and O–H groups in total. The third-order valence-corrected chi connectivity index (χ3v) is 5.84. The summed E-state index contributed by atoms with van der Waals surface area (Å²) in [5.41, 5.74) is 7.88. The summed E-state index contributed by atoms with van der Waals surface area (Å²) in [5, 5.41) is 10.7. The molecule has 0 radical (unpaired) electrons. The number of anilines is 1. The number of benzene rings is 1. The van der Waals surface area contributed by atoms with Gasteiger partial charge < -0.3 is 10.5 Å². The number of nitriles is 1. The first-order valence-corrected chi connectivity index (χ1v) is 9.68. The molecule has 26 heavy (non-hydrogen) atoms. The molecule has 0 saturated heterocycles. The molecular weight excluding hydrogens is 368 g/mol. The lowest BCUT2D eigenvalue weighted by Gasteiger charge is -2.15. The Bertz CT molecular complexity index is 954. The number of carbonyl (C=O) groups excluding carboxylic acids is 1. The molecule has 0 spiro atoms. The first kappa shape index (κ1) is 18.3. The predicted molar refractivity (Wildman–Crippen MR) is 104 cm³/mol. The number of para-hydroxylation sites is 1. The van der Waals surface area contributed by atoms with Crippen LogP contribution in [0.4, 0.5) is 5.00 Å². The molecule has 0 aliphatic rings. The zero-order chi connectivity index (χ0) is 18.7. The van der Waals surface area contributed by atoms with Gasteiger partial charge in [0.1, 0.15) is 21.0 Å². The van der Waals surface area contributed by atoms with Crippen molar-refractivity contribution in [1.29, 1.82) is 5.26 Å². The quantitative estimate of drug-likeness (QED) is 0.651. The summed E-state index contributed by atoms with van der Waals surface area (Å²) in [4.78, 5) is 19.2. The van der Waals surface area contributed by atoms with Gasteiger partial charge in [-0.3, -0.25) is 4.90 Å². The maximum Gasteiger partial charge on any atom is 0.348 e. The molecule has 134 valence electrons. The molecule has 0 fully saturated rings. The summed E-state index contributed by atoms with van der Waals surface area (Å²) in [6.45, 7) is 3.06. The largest absolute Gasteiger partial charge is 0.462 e. The fraction of sp³-hybridized carbons (Fsp3) is 0.278. The van der Waals surface area contributed by atoms with E-state index in [1.165, 1.54) is 0 Å². The number of thiophene rings is 1. The Balaban J connectivity index is 1.83. The standard InChI is InChI=1S/C18H18N4O2S2/c1-3-24-18(23)16-12(11(8-19)17(20)26-16)9-22(2)10-15-21-13-6-4-5-7-14(13)25-15/h4-7H,3,9-10,20H2,1-2H3. The summed E-state index contributed by atoms with van der Waals surface area (Å²) in [7, 11) is 1.93. The van der Waals surface area contributed by atoms with E-state index in [0.29, 0.717) is 34.1 Å². The molecule has 6 nitrogen and oxygen atoms in total. The van der Waals surface area contributed by atoms with E-state index in [2.05, 4.69) is 11.1 Å². The molecule has 0 amide bonds. The molecule has 1 aromatic carbocycles. The van der Waals surface area contributed by atoms with Gasteiger partial charge in [0.2, 0.25) is 0 Å². The zero-order valence-electron chi connectivity index (χ0n) is 14.5. The van der Waals surface area contributed by atoms with Crippen LogP contribution < -0.4 is 5.73 Å². The summed E-state index contributed by atoms with van der Waals surface area (Å²) in [6, 6.07) is 10.1. The number of nitrogens with two attached hydrogens (primary N) is 1. The average molecular weight is 387 g/mol. The zero-order valence-corrected chi connectivity index (χ0v) is 16.1. The van der Waals surface area contributed by atoms with Crippen LogP contribution >= 0.6 is 22.7 Å². The third kappa shape index (κ3) is 3.70. The Morgan fingerprint density at radius 1 is 1.35 bits per heavy atom. The monoisotopic (exact) mass is 386 g/mol. The fourth-order valence-corrected chi connectivity index (χ4v) is 4.63. The van der Waals surface area contributed by atoms with E-state index in [4.69, 9.17) is 10.5 Å². The van der Waals surface area contributed by atoms with E-state index in [-0.39, 0.29) is 6.61 Å². The molecule has 8 heteroatoms. The number of carbonyl (C=O) groups is 1. The van der Waals surface area contributed by atoms with Gasteiger partial charge in [-0.1, -0.05) is 12.1 Å².